The zero-order valence-electron chi connectivity index (χ0n) is 12.9. The van der Waals surface area contributed by atoms with Crippen LogP contribution in [0.4, 0.5) is 4.79 Å². The van der Waals surface area contributed by atoms with E-state index in [9.17, 15) is 9.59 Å². The zero-order valence-corrected chi connectivity index (χ0v) is 12.9. The van der Waals surface area contributed by atoms with Crippen LogP contribution in [0.25, 0.3) is 0 Å². The first-order valence-electron chi connectivity index (χ1n) is 8.19. The van der Waals surface area contributed by atoms with Crippen molar-refractivity contribution in [3.8, 4) is 5.75 Å². The first-order valence-corrected chi connectivity index (χ1v) is 8.19. The van der Waals surface area contributed by atoms with Gasteiger partial charge in [0.25, 0.3) is 5.91 Å². The smallest absolute Gasteiger partial charge is 0.325 e. The summed E-state index contributed by atoms with van der Waals surface area (Å²) in [5.41, 5.74) is -0.239. The summed E-state index contributed by atoms with van der Waals surface area (Å²) in [7, 11) is 0. The number of imide groups is 1. The lowest BCUT2D eigenvalue weighted by Crippen LogP contribution is -2.48. The van der Waals surface area contributed by atoms with Crippen LogP contribution in [0.2, 0.25) is 0 Å². The van der Waals surface area contributed by atoms with Gasteiger partial charge in [-0.3, -0.25) is 9.69 Å². The Balaban J connectivity index is 1.62. The maximum absolute atomic E-state index is 13.1. The number of hydrogen-bond acceptors (Lipinski definition) is 4. The van der Waals surface area contributed by atoms with Crippen LogP contribution in [-0.2, 0) is 15.1 Å². The normalized spacial score (nSPS) is 30.1. The average molecular weight is 316 g/mol. The van der Waals surface area contributed by atoms with Crippen molar-refractivity contribution in [2.45, 2.75) is 37.3 Å². The van der Waals surface area contributed by atoms with Crippen LogP contribution in [0.15, 0.2) is 24.3 Å². The molecule has 6 nitrogen and oxygen atoms in total. The molecular weight excluding hydrogens is 296 g/mol. The Bertz CT molecular complexity index is 641. The molecule has 1 aromatic carbocycles. The summed E-state index contributed by atoms with van der Waals surface area (Å²) in [6.45, 7) is 1.45. The zero-order chi connectivity index (χ0) is 15.9. The second kappa shape index (κ2) is 5.53. The van der Waals surface area contributed by atoms with Crippen LogP contribution < -0.4 is 10.1 Å². The average Bonchev–Trinajstić information content (AvgIpc) is 2.81. The molecule has 2 atom stereocenters. The number of fused-ring (bicyclic) bond motifs is 2. The van der Waals surface area contributed by atoms with Gasteiger partial charge in [0, 0.05) is 18.6 Å². The van der Waals surface area contributed by atoms with Gasteiger partial charge in [-0.25, -0.2) is 4.79 Å². The highest BCUT2D eigenvalue weighted by Crippen LogP contribution is 2.41. The number of nitrogens with zero attached hydrogens (tertiary/aromatic N) is 1. The van der Waals surface area contributed by atoms with Crippen molar-refractivity contribution in [1.29, 1.82) is 0 Å². The van der Waals surface area contributed by atoms with E-state index in [0.29, 0.717) is 31.9 Å². The van der Waals surface area contributed by atoms with Crippen LogP contribution in [0.5, 0.6) is 5.75 Å². The molecule has 3 aliphatic rings. The van der Waals surface area contributed by atoms with Crippen molar-refractivity contribution in [1.82, 2.24) is 10.2 Å². The molecule has 0 aliphatic carbocycles. The fraction of sp³-hybridized carbons (Fsp3) is 0.529. The lowest BCUT2D eigenvalue weighted by Gasteiger charge is -2.33. The maximum atomic E-state index is 13.1. The van der Waals surface area contributed by atoms with Crippen molar-refractivity contribution in [3.63, 3.8) is 0 Å². The predicted octanol–water partition coefficient (Wildman–Crippen LogP) is 1.79. The van der Waals surface area contributed by atoms with Gasteiger partial charge in [-0.1, -0.05) is 18.2 Å². The number of urea groups is 1. The molecule has 1 N–H and O–H groups in total. The van der Waals surface area contributed by atoms with E-state index >= 15 is 0 Å². The summed E-state index contributed by atoms with van der Waals surface area (Å²) in [5, 5.41) is 2.92. The summed E-state index contributed by atoms with van der Waals surface area (Å²) in [6.07, 6.45) is 3.42. The molecule has 0 aromatic heterocycles. The summed E-state index contributed by atoms with van der Waals surface area (Å²) in [4.78, 5) is 26.8. The summed E-state index contributed by atoms with van der Waals surface area (Å²) >= 11 is 0. The molecule has 122 valence electrons. The SMILES string of the molecule is O=C1N[C@]2(CCOc3ccccc32)C(=O)N1C[C@@H]1CCCCO1. The molecule has 0 radical (unpaired) electrons. The number of carbonyl (C=O) groups is 2. The third-order valence-corrected chi connectivity index (χ3v) is 4.92. The highest BCUT2D eigenvalue weighted by atomic mass is 16.5. The molecule has 23 heavy (non-hydrogen) atoms. The number of carbonyl (C=O) groups excluding carboxylic acids is 2. The molecule has 0 bridgehead atoms. The lowest BCUT2D eigenvalue weighted by molar-refractivity contribution is -0.134. The van der Waals surface area contributed by atoms with Gasteiger partial charge in [0.15, 0.2) is 5.54 Å². The van der Waals surface area contributed by atoms with E-state index in [4.69, 9.17) is 9.47 Å². The van der Waals surface area contributed by atoms with E-state index in [1.165, 1.54) is 4.90 Å². The van der Waals surface area contributed by atoms with E-state index in [1.54, 1.807) is 0 Å². The minimum absolute atomic E-state index is 0.0521. The Hall–Kier alpha value is -2.08. The van der Waals surface area contributed by atoms with Crippen LogP contribution >= 0.6 is 0 Å². The number of benzene rings is 1. The minimum atomic E-state index is -0.986. The van der Waals surface area contributed by atoms with Gasteiger partial charge < -0.3 is 14.8 Å². The van der Waals surface area contributed by atoms with Crippen LogP contribution in [0.1, 0.15) is 31.2 Å². The number of ether oxygens (including phenoxy) is 2. The molecule has 3 heterocycles. The Morgan fingerprint density at radius 1 is 1.22 bits per heavy atom. The topological polar surface area (TPSA) is 67.9 Å². The van der Waals surface area contributed by atoms with E-state index in [1.807, 2.05) is 24.3 Å². The lowest BCUT2D eigenvalue weighted by atomic mass is 9.84. The van der Waals surface area contributed by atoms with Gasteiger partial charge in [-0.05, 0) is 25.3 Å². The molecule has 2 saturated heterocycles. The second-order valence-electron chi connectivity index (χ2n) is 6.33. The highest BCUT2D eigenvalue weighted by molar-refractivity contribution is 6.08. The second-order valence-corrected chi connectivity index (χ2v) is 6.33. The first kappa shape index (κ1) is 14.5. The molecule has 4 rings (SSSR count). The van der Waals surface area contributed by atoms with Crippen molar-refractivity contribution in [2.75, 3.05) is 19.8 Å². The number of para-hydroxylation sites is 1. The predicted molar refractivity (Wildman–Crippen MR) is 82.1 cm³/mol. The fourth-order valence-corrected chi connectivity index (χ4v) is 3.69. The van der Waals surface area contributed by atoms with Gasteiger partial charge in [0.05, 0.1) is 19.3 Å². The van der Waals surface area contributed by atoms with E-state index < -0.39 is 5.54 Å². The summed E-state index contributed by atoms with van der Waals surface area (Å²) in [5.74, 6) is 0.482. The Kier molecular flexibility index (Phi) is 3.49. The molecule has 2 fully saturated rings. The molecule has 3 amide bonds. The monoisotopic (exact) mass is 316 g/mol. The fourth-order valence-electron chi connectivity index (χ4n) is 3.69. The van der Waals surface area contributed by atoms with Gasteiger partial charge in [0.1, 0.15) is 5.75 Å². The molecule has 6 heteroatoms. The Labute approximate surface area is 134 Å². The van der Waals surface area contributed by atoms with Crippen molar-refractivity contribution in [2.24, 2.45) is 0 Å². The van der Waals surface area contributed by atoms with Gasteiger partial charge in [-0.15, -0.1) is 0 Å². The quantitative estimate of drug-likeness (QED) is 0.845. The molecular formula is C17H20N2O4. The summed E-state index contributed by atoms with van der Waals surface area (Å²) in [6, 6.07) is 7.09. The third kappa shape index (κ3) is 2.28. The molecule has 0 saturated carbocycles. The minimum Gasteiger partial charge on any atom is -0.493 e. The van der Waals surface area contributed by atoms with Crippen molar-refractivity contribution in [3.05, 3.63) is 29.8 Å². The van der Waals surface area contributed by atoms with Gasteiger partial charge >= 0.3 is 6.03 Å². The molecule has 1 spiro atoms. The first-order chi connectivity index (χ1) is 11.2. The number of amides is 3. The summed E-state index contributed by atoms with van der Waals surface area (Å²) < 4.78 is 11.3. The third-order valence-electron chi connectivity index (χ3n) is 4.92. The van der Waals surface area contributed by atoms with E-state index in [0.717, 1.165) is 24.8 Å². The van der Waals surface area contributed by atoms with Crippen LogP contribution in [0, 0.1) is 0 Å². The number of hydrogen-bond donors (Lipinski definition) is 1. The number of nitrogens with one attached hydrogen (secondary N) is 1. The highest BCUT2D eigenvalue weighted by Gasteiger charge is 2.55. The van der Waals surface area contributed by atoms with E-state index in [-0.39, 0.29) is 18.0 Å². The standard InChI is InChI=1S/C17H20N2O4/c20-15-17(8-10-23-14-7-2-1-6-13(14)17)18-16(21)19(15)11-12-5-3-4-9-22-12/h1-2,6-7,12H,3-5,8-11H2,(H,18,21)/t12-,17-/m0/s1. The van der Waals surface area contributed by atoms with Crippen molar-refractivity contribution < 1.29 is 19.1 Å². The van der Waals surface area contributed by atoms with E-state index in [2.05, 4.69) is 5.32 Å². The van der Waals surface area contributed by atoms with Gasteiger partial charge in [-0.2, -0.15) is 0 Å². The Morgan fingerprint density at radius 2 is 2.09 bits per heavy atom. The van der Waals surface area contributed by atoms with Crippen LogP contribution in [0.3, 0.4) is 0 Å². The largest absolute Gasteiger partial charge is 0.493 e. The van der Waals surface area contributed by atoms with Crippen molar-refractivity contribution >= 4 is 11.9 Å². The molecule has 0 unspecified atom stereocenters. The van der Waals surface area contributed by atoms with Crippen LogP contribution in [-0.4, -0.2) is 42.7 Å². The Morgan fingerprint density at radius 3 is 2.91 bits per heavy atom. The number of rotatable bonds is 2. The molecule has 3 aliphatic heterocycles. The molecule has 1 aromatic rings. The van der Waals surface area contributed by atoms with Gasteiger partial charge in [0.2, 0.25) is 0 Å². The maximum Gasteiger partial charge on any atom is 0.325 e.